The first kappa shape index (κ1) is 27.1. The molecule has 0 atom stereocenters. The van der Waals surface area contributed by atoms with Gasteiger partial charge in [-0.3, -0.25) is 0 Å². The minimum absolute atomic E-state index is 1.23. The minimum atomic E-state index is 1.23. The number of hydrogen-bond acceptors (Lipinski definition) is 0. The van der Waals surface area contributed by atoms with Crippen LogP contribution in [0.4, 0.5) is 0 Å². The summed E-state index contributed by atoms with van der Waals surface area (Å²) in [7, 11) is 0. The Balaban J connectivity index is 0.00000147. The second kappa shape index (κ2) is 10.6. The molecule has 45 heavy (non-hydrogen) atoms. The van der Waals surface area contributed by atoms with E-state index in [1.165, 1.54) is 98.7 Å². The molecule has 9 rings (SSSR count). The number of benzene rings is 8. The van der Waals surface area contributed by atoms with Gasteiger partial charge in [0.05, 0.1) is 0 Å². The average Bonchev–Trinajstić information content (AvgIpc) is 3.43. The molecule has 0 spiro atoms. The lowest BCUT2D eigenvalue weighted by Crippen LogP contribution is -1.98. The molecule has 8 aromatic rings. The fraction of sp³-hybridized carbons (Fsp3) is 0.0667. The Bertz CT molecular complexity index is 2390. The number of fused-ring (bicyclic) bond motifs is 5. The molecule has 1 aliphatic carbocycles. The van der Waals surface area contributed by atoms with E-state index in [1.54, 1.807) is 0 Å². The molecular formula is C45H34. The normalized spacial score (nSPS) is 11.9. The third kappa shape index (κ3) is 3.79. The first-order valence-electron chi connectivity index (χ1n) is 16.0. The number of hydrogen-bond donors (Lipinski definition) is 0. The molecule has 0 amide bonds. The zero-order chi connectivity index (χ0) is 30.7. The maximum Gasteiger partial charge on any atom is -0.000764 e. The van der Waals surface area contributed by atoms with Crippen molar-refractivity contribution in [2.75, 3.05) is 0 Å². The van der Waals surface area contributed by atoms with E-state index in [4.69, 9.17) is 0 Å². The van der Waals surface area contributed by atoms with Crippen LogP contribution in [-0.2, 0) is 0 Å². The number of rotatable bonds is 4. The van der Waals surface area contributed by atoms with Gasteiger partial charge in [0.2, 0.25) is 0 Å². The molecule has 0 radical (unpaired) electrons. The van der Waals surface area contributed by atoms with E-state index in [9.17, 15) is 0 Å². The van der Waals surface area contributed by atoms with Crippen LogP contribution in [0.5, 0.6) is 0 Å². The molecule has 0 fully saturated rings. The van der Waals surface area contributed by atoms with Crippen molar-refractivity contribution in [3.63, 3.8) is 0 Å². The van der Waals surface area contributed by atoms with Crippen molar-refractivity contribution >= 4 is 49.2 Å². The van der Waals surface area contributed by atoms with Gasteiger partial charge in [-0.05, 0) is 106 Å². The molecule has 0 aliphatic heterocycles. The predicted molar refractivity (Wildman–Crippen MR) is 198 cm³/mol. The summed E-state index contributed by atoms with van der Waals surface area (Å²) >= 11 is 0. The van der Waals surface area contributed by atoms with Crippen molar-refractivity contribution in [3.05, 3.63) is 151 Å². The van der Waals surface area contributed by atoms with Gasteiger partial charge < -0.3 is 0 Å². The largest absolute Gasteiger partial charge is 0.0991 e. The van der Waals surface area contributed by atoms with Crippen LogP contribution in [0.25, 0.3) is 93.7 Å². The van der Waals surface area contributed by atoms with Gasteiger partial charge in [0, 0.05) is 0 Å². The molecule has 0 N–H and O–H groups in total. The zero-order valence-electron chi connectivity index (χ0n) is 26.0. The van der Waals surface area contributed by atoms with Gasteiger partial charge in [-0.2, -0.15) is 0 Å². The van der Waals surface area contributed by atoms with Crippen molar-refractivity contribution in [2.24, 2.45) is 0 Å². The van der Waals surface area contributed by atoms with E-state index in [2.05, 4.69) is 147 Å². The first-order valence-corrected chi connectivity index (χ1v) is 16.0. The van der Waals surface area contributed by atoms with Gasteiger partial charge in [0.15, 0.2) is 0 Å². The minimum Gasteiger partial charge on any atom is -0.0991 e. The molecule has 8 aromatic carbocycles. The predicted octanol–water partition coefficient (Wildman–Crippen LogP) is 13.3. The van der Waals surface area contributed by atoms with Crippen molar-refractivity contribution in [2.45, 2.75) is 20.8 Å². The highest BCUT2D eigenvalue weighted by Crippen LogP contribution is 2.59. The Labute approximate surface area is 264 Å². The van der Waals surface area contributed by atoms with Crippen LogP contribution in [0, 0.1) is 6.92 Å². The van der Waals surface area contributed by atoms with E-state index < -0.39 is 0 Å². The summed E-state index contributed by atoms with van der Waals surface area (Å²) in [5.41, 5.74) is 12.9. The number of allylic oxidation sites excluding steroid dienone is 2. The van der Waals surface area contributed by atoms with Crippen LogP contribution in [0.3, 0.4) is 0 Å². The van der Waals surface area contributed by atoms with E-state index >= 15 is 0 Å². The zero-order valence-corrected chi connectivity index (χ0v) is 26.0. The van der Waals surface area contributed by atoms with Crippen LogP contribution < -0.4 is 0 Å². The lowest BCUT2D eigenvalue weighted by atomic mass is 9.81. The molecule has 0 nitrogen and oxygen atoms in total. The highest BCUT2D eigenvalue weighted by Gasteiger charge is 2.32. The Hall–Kier alpha value is -5.46. The van der Waals surface area contributed by atoms with E-state index in [0.29, 0.717) is 0 Å². The molecule has 0 unspecified atom stereocenters. The molecule has 0 heterocycles. The molecule has 0 heteroatoms. The fourth-order valence-corrected chi connectivity index (χ4v) is 7.83. The molecular weight excluding hydrogens is 540 g/mol. The lowest BCUT2D eigenvalue weighted by molar-refractivity contribution is 1.43. The summed E-state index contributed by atoms with van der Waals surface area (Å²) in [5.74, 6) is 0. The van der Waals surface area contributed by atoms with Crippen molar-refractivity contribution in [3.8, 4) is 44.5 Å². The fourth-order valence-electron chi connectivity index (χ4n) is 7.83. The standard InChI is InChI=1S/C43H28.C2H6/c1-3-4-19-30-26(2)37(27-13-7-5-8-14-27)42-35-24-22-33-31-20-11-17-28-18-12-21-32(38(28)31)34-23-25-36(41(35)40(33)34)43(42)39(30)29-15-9-6-10-16-29;1-2/h3-25H,1H2,2H3;1-2H3/b19-4-;. The van der Waals surface area contributed by atoms with Gasteiger partial charge in [-0.25, -0.2) is 0 Å². The summed E-state index contributed by atoms with van der Waals surface area (Å²) in [5, 5.41) is 10.7. The van der Waals surface area contributed by atoms with Gasteiger partial charge in [0.1, 0.15) is 0 Å². The van der Waals surface area contributed by atoms with E-state index in [1.807, 2.05) is 19.9 Å². The van der Waals surface area contributed by atoms with Crippen molar-refractivity contribution in [1.29, 1.82) is 0 Å². The van der Waals surface area contributed by atoms with Crippen LogP contribution in [0.2, 0.25) is 0 Å². The third-order valence-electron chi connectivity index (χ3n) is 9.51. The molecule has 1 aliphatic rings. The second-order valence-electron chi connectivity index (χ2n) is 11.6. The lowest BCUT2D eigenvalue weighted by Gasteiger charge is -2.22. The summed E-state index contributed by atoms with van der Waals surface area (Å²) < 4.78 is 0. The van der Waals surface area contributed by atoms with Gasteiger partial charge in [0.25, 0.3) is 0 Å². The average molecular weight is 575 g/mol. The monoisotopic (exact) mass is 574 g/mol. The Morgan fingerprint density at radius 1 is 0.467 bits per heavy atom. The highest BCUT2D eigenvalue weighted by atomic mass is 14.3. The van der Waals surface area contributed by atoms with E-state index in [0.717, 1.165) is 0 Å². The molecule has 0 saturated carbocycles. The topological polar surface area (TPSA) is 0 Å². The van der Waals surface area contributed by atoms with Crippen LogP contribution >= 0.6 is 0 Å². The smallest absolute Gasteiger partial charge is 0.000764 e. The molecule has 0 aromatic heterocycles. The first-order chi connectivity index (χ1) is 22.3. The maximum atomic E-state index is 4.01. The molecule has 0 saturated heterocycles. The highest BCUT2D eigenvalue weighted by molar-refractivity contribution is 6.38. The van der Waals surface area contributed by atoms with Crippen molar-refractivity contribution in [1.82, 2.24) is 0 Å². The second-order valence-corrected chi connectivity index (χ2v) is 11.6. The Morgan fingerprint density at radius 3 is 1.53 bits per heavy atom. The van der Waals surface area contributed by atoms with Gasteiger partial charge in [-0.1, -0.05) is 160 Å². The van der Waals surface area contributed by atoms with Crippen molar-refractivity contribution < 1.29 is 0 Å². The van der Waals surface area contributed by atoms with Gasteiger partial charge in [-0.15, -0.1) is 0 Å². The third-order valence-corrected chi connectivity index (χ3v) is 9.51. The molecule has 0 bridgehead atoms. The Morgan fingerprint density at radius 2 is 0.978 bits per heavy atom. The van der Waals surface area contributed by atoms with Crippen LogP contribution in [0.1, 0.15) is 25.0 Å². The van der Waals surface area contributed by atoms with Crippen LogP contribution in [0.15, 0.2) is 140 Å². The maximum absolute atomic E-state index is 4.01. The summed E-state index contributed by atoms with van der Waals surface area (Å²) in [6.45, 7) is 10.3. The summed E-state index contributed by atoms with van der Waals surface area (Å²) in [4.78, 5) is 0. The quantitative estimate of drug-likeness (QED) is 0.111. The van der Waals surface area contributed by atoms with E-state index in [-0.39, 0.29) is 0 Å². The summed E-state index contributed by atoms with van der Waals surface area (Å²) in [6, 6.07) is 44.8. The Kier molecular flexibility index (Phi) is 6.39. The van der Waals surface area contributed by atoms with Crippen LogP contribution in [-0.4, -0.2) is 0 Å². The summed E-state index contributed by atoms with van der Waals surface area (Å²) in [6.07, 6.45) is 6.20. The SMILES string of the molecule is C=C/C=C\c1c(C)c(-c2ccccc2)c2c(c1-c1ccccc1)-c1ccc3c4cccc5cccc(c6ccc-2c1c63)c54.CC. The molecule has 214 valence electrons. The van der Waals surface area contributed by atoms with Gasteiger partial charge >= 0.3 is 0 Å².